The number of carbonyl (C=O) groups is 1. The average Bonchev–Trinajstić information content (AvgIpc) is 3.05. The average molecular weight is 404 g/mol. The number of hydrogen-bond acceptors (Lipinski definition) is 5. The van der Waals surface area contributed by atoms with E-state index in [0.717, 1.165) is 16.9 Å². The van der Waals surface area contributed by atoms with E-state index in [1.807, 2.05) is 6.07 Å². The minimum Gasteiger partial charge on any atom is -0.492 e. The Bertz CT molecular complexity index is 859. The van der Waals surface area contributed by atoms with Crippen molar-refractivity contribution in [3.05, 3.63) is 38.5 Å². The van der Waals surface area contributed by atoms with Gasteiger partial charge < -0.3 is 9.84 Å². The summed E-state index contributed by atoms with van der Waals surface area (Å²) in [5.41, 5.74) is 0.850. The Morgan fingerprint density at radius 3 is 2.91 bits per heavy atom. The van der Waals surface area contributed by atoms with E-state index in [2.05, 4.69) is 20.7 Å². The minimum atomic E-state index is -3.95. The first kappa shape index (κ1) is 15.3. The fourth-order valence-electron chi connectivity index (χ4n) is 2.19. The molecule has 0 bridgehead atoms. The molecule has 0 saturated carbocycles. The van der Waals surface area contributed by atoms with Gasteiger partial charge in [-0.3, -0.25) is 4.72 Å². The number of rotatable bonds is 4. The van der Waals surface area contributed by atoms with Gasteiger partial charge in [-0.15, -0.1) is 11.3 Å². The lowest BCUT2D eigenvalue weighted by Gasteiger charge is -2.11. The third kappa shape index (κ3) is 2.71. The lowest BCUT2D eigenvalue weighted by Crippen LogP contribution is -2.15. The fraction of sp³-hybridized carbons (Fsp3) is 0.154. The molecule has 0 aliphatic carbocycles. The second kappa shape index (κ2) is 5.56. The predicted molar refractivity (Wildman–Crippen MR) is 85.4 cm³/mol. The Morgan fingerprint density at radius 2 is 2.18 bits per heavy atom. The van der Waals surface area contributed by atoms with Crippen molar-refractivity contribution >= 4 is 48.9 Å². The minimum absolute atomic E-state index is 0.00286. The summed E-state index contributed by atoms with van der Waals surface area (Å²) in [5, 5.41) is 10.6. The number of nitrogens with one attached hydrogen (secondary N) is 1. The molecule has 0 fully saturated rings. The molecule has 116 valence electrons. The number of hydrogen-bond donors (Lipinski definition) is 2. The number of sulfonamides is 1. The van der Waals surface area contributed by atoms with Crippen LogP contribution >= 0.6 is 27.3 Å². The highest BCUT2D eigenvalue weighted by atomic mass is 79.9. The van der Waals surface area contributed by atoms with Gasteiger partial charge in [-0.1, -0.05) is 15.9 Å². The maximum absolute atomic E-state index is 12.6. The van der Waals surface area contributed by atoms with Crippen molar-refractivity contribution < 1.29 is 23.1 Å². The number of carboxylic acid groups (broad SMARTS) is 1. The largest absolute Gasteiger partial charge is 0.492 e. The van der Waals surface area contributed by atoms with E-state index in [-0.39, 0.29) is 15.5 Å². The summed E-state index contributed by atoms with van der Waals surface area (Å²) in [6.07, 6.45) is 0.635. The van der Waals surface area contributed by atoms with Crippen molar-refractivity contribution in [2.24, 2.45) is 0 Å². The SMILES string of the molecule is O=C(O)c1sccc1NS(=O)(=O)c1cc(Br)cc2c1OCC2. The molecule has 22 heavy (non-hydrogen) atoms. The Labute approximate surface area is 138 Å². The molecular weight excluding hydrogens is 394 g/mol. The zero-order valence-corrected chi connectivity index (χ0v) is 14.2. The summed E-state index contributed by atoms with van der Waals surface area (Å²) in [7, 11) is -3.95. The Morgan fingerprint density at radius 1 is 1.41 bits per heavy atom. The van der Waals surface area contributed by atoms with Crippen molar-refractivity contribution in [2.45, 2.75) is 11.3 Å². The number of thiophene rings is 1. The predicted octanol–water partition coefficient (Wildman–Crippen LogP) is 2.94. The van der Waals surface area contributed by atoms with Gasteiger partial charge in [0, 0.05) is 16.5 Å². The molecule has 0 amide bonds. The van der Waals surface area contributed by atoms with Gasteiger partial charge in [0.15, 0.2) is 0 Å². The number of fused-ring (bicyclic) bond motifs is 1. The van der Waals surface area contributed by atoms with Crippen LogP contribution in [0.2, 0.25) is 0 Å². The molecule has 1 aromatic heterocycles. The van der Waals surface area contributed by atoms with Crippen molar-refractivity contribution in [3.8, 4) is 5.75 Å². The molecule has 6 nitrogen and oxygen atoms in total. The zero-order valence-electron chi connectivity index (χ0n) is 11.0. The van der Waals surface area contributed by atoms with Crippen LogP contribution in [0.5, 0.6) is 5.75 Å². The highest BCUT2D eigenvalue weighted by molar-refractivity contribution is 9.10. The van der Waals surface area contributed by atoms with Crippen LogP contribution in [0.4, 0.5) is 5.69 Å². The normalized spacial score (nSPS) is 13.5. The molecule has 3 rings (SSSR count). The highest BCUT2D eigenvalue weighted by Gasteiger charge is 2.27. The topological polar surface area (TPSA) is 92.7 Å². The van der Waals surface area contributed by atoms with Gasteiger partial charge in [-0.2, -0.15) is 0 Å². The van der Waals surface area contributed by atoms with Gasteiger partial charge in [-0.25, -0.2) is 13.2 Å². The van der Waals surface area contributed by atoms with E-state index >= 15 is 0 Å². The number of anilines is 1. The first-order valence-electron chi connectivity index (χ1n) is 6.17. The molecule has 1 aromatic carbocycles. The molecule has 0 radical (unpaired) electrons. The molecule has 2 N–H and O–H groups in total. The van der Waals surface area contributed by atoms with Crippen LogP contribution in [0, 0.1) is 0 Å². The third-order valence-electron chi connectivity index (χ3n) is 3.11. The molecule has 2 heterocycles. The van der Waals surface area contributed by atoms with Gasteiger partial charge in [0.1, 0.15) is 15.5 Å². The molecule has 0 spiro atoms. The molecular formula is C13H10BrNO5S2. The van der Waals surface area contributed by atoms with Crippen LogP contribution in [0.1, 0.15) is 15.2 Å². The van der Waals surface area contributed by atoms with Crippen LogP contribution in [-0.2, 0) is 16.4 Å². The lowest BCUT2D eigenvalue weighted by atomic mass is 10.2. The number of halogens is 1. The maximum atomic E-state index is 12.6. The standard InChI is InChI=1S/C13H10BrNO5S2/c14-8-5-7-1-3-20-11(7)10(6-8)22(18,19)15-9-2-4-21-12(9)13(16)17/h2,4-6,15H,1,3H2,(H,16,17). The van der Waals surface area contributed by atoms with Crippen LogP contribution in [0.15, 0.2) is 32.9 Å². The second-order valence-electron chi connectivity index (χ2n) is 4.56. The summed E-state index contributed by atoms with van der Waals surface area (Å²) in [6.45, 7) is 0.424. The number of aromatic carboxylic acids is 1. The maximum Gasteiger partial charge on any atom is 0.348 e. The zero-order chi connectivity index (χ0) is 15.9. The van der Waals surface area contributed by atoms with Crippen LogP contribution in [0.25, 0.3) is 0 Å². The summed E-state index contributed by atoms with van der Waals surface area (Å²) in [6, 6.07) is 4.68. The number of ether oxygens (including phenoxy) is 1. The summed E-state index contributed by atoms with van der Waals surface area (Å²) < 4.78 is 33.5. The highest BCUT2D eigenvalue weighted by Crippen LogP contribution is 2.37. The smallest absolute Gasteiger partial charge is 0.348 e. The van der Waals surface area contributed by atoms with E-state index in [0.29, 0.717) is 23.2 Å². The molecule has 0 saturated heterocycles. The van der Waals surface area contributed by atoms with Gasteiger partial charge in [0.05, 0.1) is 12.3 Å². The molecule has 1 aliphatic rings. The number of carboxylic acids is 1. The van der Waals surface area contributed by atoms with Crippen LogP contribution in [0.3, 0.4) is 0 Å². The molecule has 0 atom stereocenters. The summed E-state index contributed by atoms with van der Waals surface area (Å²) in [4.78, 5) is 11.0. The van der Waals surface area contributed by atoms with Gasteiger partial charge in [0.25, 0.3) is 10.0 Å². The van der Waals surface area contributed by atoms with Gasteiger partial charge in [0.2, 0.25) is 0 Å². The quantitative estimate of drug-likeness (QED) is 0.818. The van der Waals surface area contributed by atoms with Gasteiger partial charge in [-0.05, 0) is 23.6 Å². The van der Waals surface area contributed by atoms with Crippen LogP contribution < -0.4 is 9.46 Å². The first-order valence-corrected chi connectivity index (χ1v) is 9.33. The van der Waals surface area contributed by atoms with Crippen molar-refractivity contribution in [1.82, 2.24) is 0 Å². The molecule has 0 unspecified atom stereocenters. The second-order valence-corrected chi connectivity index (χ2v) is 8.05. The third-order valence-corrected chi connectivity index (χ3v) is 5.84. The Balaban J connectivity index is 2.04. The van der Waals surface area contributed by atoms with E-state index < -0.39 is 16.0 Å². The summed E-state index contributed by atoms with van der Waals surface area (Å²) in [5.74, 6) is -0.855. The molecule has 2 aromatic rings. The Hall–Kier alpha value is -1.58. The first-order chi connectivity index (χ1) is 10.4. The van der Waals surface area contributed by atoms with Crippen molar-refractivity contribution in [2.75, 3.05) is 11.3 Å². The van der Waals surface area contributed by atoms with Crippen molar-refractivity contribution in [3.63, 3.8) is 0 Å². The van der Waals surface area contributed by atoms with E-state index in [9.17, 15) is 13.2 Å². The van der Waals surface area contributed by atoms with Crippen molar-refractivity contribution in [1.29, 1.82) is 0 Å². The molecule has 9 heteroatoms. The van der Waals surface area contributed by atoms with Crippen LogP contribution in [-0.4, -0.2) is 26.1 Å². The van der Waals surface area contributed by atoms with E-state index in [1.54, 1.807) is 0 Å². The van der Waals surface area contributed by atoms with Gasteiger partial charge >= 0.3 is 5.97 Å². The monoisotopic (exact) mass is 403 g/mol. The Kier molecular flexibility index (Phi) is 3.87. The number of benzene rings is 1. The molecule has 1 aliphatic heterocycles. The lowest BCUT2D eigenvalue weighted by molar-refractivity contribution is 0.0703. The summed E-state index contributed by atoms with van der Waals surface area (Å²) >= 11 is 4.24. The van der Waals surface area contributed by atoms with E-state index in [4.69, 9.17) is 9.84 Å². The fourth-order valence-corrected chi connectivity index (χ4v) is 4.88. The van der Waals surface area contributed by atoms with E-state index in [1.165, 1.54) is 17.5 Å².